The van der Waals surface area contributed by atoms with Crippen molar-refractivity contribution in [1.82, 2.24) is 29.0 Å². The van der Waals surface area contributed by atoms with E-state index in [2.05, 4.69) is 29.6 Å². The zero-order valence-corrected chi connectivity index (χ0v) is 22.5. The predicted octanol–water partition coefficient (Wildman–Crippen LogP) is 5.35. The van der Waals surface area contributed by atoms with Crippen molar-refractivity contribution >= 4 is 30.5 Å². The van der Waals surface area contributed by atoms with Crippen LogP contribution in [0.1, 0.15) is 36.2 Å². The highest BCUT2D eigenvalue weighted by molar-refractivity contribution is 6.76. The quantitative estimate of drug-likeness (QED) is 0.240. The van der Waals surface area contributed by atoms with Gasteiger partial charge in [0.25, 0.3) is 5.91 Å². The highest BCUT2D eigenvalue weighted by atomic mass is 28.3. The summed E-state index contributed by atoms with van der Waals surface area (Å²) in [5, 5.41) is 5.38. The number of nitrogens with zero attached hydrogens (tertiary/aromatic N) is 6. The van der Waals surface area contributed by atoms with Gasteiger partial charge < -0.3 is 9.64 Å². The van der Waals surface area contributed by atoms with Crippen LogP contribution in [0.5, 0.6) is 0 Å². The number of pyridine rings is 2. The summed E-state index contributed by atoms with van der Waals surface area (Å²) in [5.41, 5.74) is 1.91. The Morgan fingerprint density at radius 1 is 1.05 bits per heavy atom. The molecule has 4 aromatic rings. The number of halogens is 2. The molecule has 0 radical (unpaired) electrons. The largest absolute Gasteiger partial charge is 0.360 e. The average Bonchev–Trinajstić information content (AvgIpc) is 3.30. The molecule has 1 saturated heterocycles. The van der Waals surface area contributed by atoms with Crippen molar-refractivity contribution in [1.29, 1.82) is 0 Å². The molecule has 0 N–H and O–H groups in total. The van der Waals surface area contributed by atoms with E-state index in [1.807, 2.05) is 4.90 Å². The van der Waals surface area contributed by atoms with Gasteiger partial charge in [-0.15, -0.1) is 0 Å². The summed E-state index contributed by atoms with van der Waals surface area (Å²) in [4.78, 5) is 23.8. The number of aromatic nitrogens is 5. The second-order valence-corrected chi connectivity index (χ2v) is 16.5. The minimum atomic E-state index is -1.27. The maximum Gasteiger partial charge on any atom is 0.272 e. The fourth-order valence-electron chi connectivity index (χ4n) is 4.63. The number of carbonyl (C=O) groups excluding carboxylic acids is 1. The lowest BCUT2D eigenvalue weighted by molar-refractivity contribution is 0.0754. The molecular weight excluding hydrogens is 494 g/mol. The maximum absolute atomic E-state index is 14.3. The van der Waals surface area contributed by atoms with Crippen molar-refractivity contribution in [3.05, 3.63) is 48.1 Å². The first kappa shape index (κ1) is 25.5. The molecule has 1 fully saturated rings. The lowest BCUT2D eigenvalue weighted by atomic mass is 10.2. The van der Waals surface area contributed by atoms with Crippen LogP contribution in [0.25, 0.3) is 27.9 Å². The topological polar surface area (TPSA) is 77.5 Å². The van der Waals surface area contributed by atoms with E-state index in [4.69, 9.17) is 9.84 Å². The molecule has 5 rings (SSSR count). The van der Waals surface area contributed by atoms with Crippen LogP contribution in [0.15, 0.2) is 30.7 Å². The number of amides is 1. The zero-order chi connectivity index (χ0) is 26.2. The molecule has 1 aliphatic heterocycles. The van der Waals surface area contributed by atoms with E-state index in [0.717, 1.165) is 50.9 Å². The third-order valence-corrected chi connectivity index (χ3v) is 8.43. The molecule has 4 aromatic heterocycles. The van der Waals surface area contributed by atoms with Gasteiger partial charge in [0, 0.05) is 51.6 Å². The lowest BCUT2D eigenvalue weighted by Crippen LogP contribution is -2.32. The predicted molar refractivity (Wildman–Crippen MR) is 140 cm³/mol. The van der Waals surface area contributed by atoms with Crippen molar-refractivity contribution in [2.75, 3.05) is 19.7 Å². The van der Waals surface area contributed by atoms with Crippen LogP contribution < -0.4 is 0 Å². The number of rotatable bonds is 7. The number of hydrogen-bond donors (Lipinski definition) is 0. The minimum absolute atomic E-state index is 0.00593. The summed E-state index contributed by atoms with van der Waals surface area (Å²) < 4.78 is 37.4. The summed E-state index contributed by atoms with van der Waals surface area (Å²) in [6, 6.07) is 3.55. The first-order valence-electron chi connectivity index (χ1n) is 12.8. The van der Waals surface area contributed by atoms with E-state index in [1.165, 1.54) is 16.8 Å². The smallest absolute Gasteiger partial charge is 0.272 e. The van der Waals surface area contributed by atoms with Crippen molar-refractivity contribution in [2.24, 2.45) is 0 Å². The van der Waals surface area contributed by atoms with Gasteiger partial charge in [-0.05, 0) is 25.0 Å². The van der Waals surface area contributed by atoms with Crippen LogP contribution >= 0.6 is 0 Å². The molecule has 0 atom stereocenters. The molecule has 0 aromatic carbocycles. The van der Waals surface area contributed by atoms with Gasteiger partial charge in [0.2, 0.25) is 0 Å². The van der Waals surface area contributed by atoms with E-state index in [0.29, 0.717) is 34.6 Å². The Morgan fingerprint density at radius 3 is 2.54 bits per heavy atom. The third kappa shape index (κ3) is 5.42. The van der Waals surface area contributed by atoms with E-state index in [1.54, 1.807) is 16.9 Å². The molecular formula is C26H32F2N6O2Si. The van der Waals surface area contributed by atoms with Crippen LogP contribution in [0, 0.1) is 11.6 Å². The SMILES string of the molecule is C[Si](C)(C)CCOCn1nc(-c2cnc3c(F)cc(F)cn23)c2cnc(C(=O)N3CCCCCC3)cc21. The highest BCUT2D eigenvalue weighted by Crippen LogP contribution is 2.30. The number of imidazole rings is 1. The van der Waals surface area contributed by atoms with Gasteiger partial charge in [-0.2, -0.15) is 5.10 Å². The number of carbonyl (C=O) groups is 1. The molecule has 0 aliphatic carbocycles. The van der Waals surface area contributed by atoms with Crippen LogP contribution in [0.4, 0.5) is 8.78 Å². The van der Waals surface area contributed by atoms with Gasteiger partial charge in [-0.3, -0.25) is 14.2 Å². The molecule has 37 heavy (non-hydrogen) atoms. The summed E-state index contributed by atoms with van der Waals surface area (Å²) in [5.74, 6) is -1.57. The average molecular weight is 527 g/mol. The molecule has 5 heterocycles. The molecule has 0 spiro atoms. The van der Waals surface area contributed by atoms with Gasteiger partial charge in [0.15, 0.2) is 11.5 Å². The van der Waals surface area contributed by atoms with E-state index >= 15 is 0 Å². The third-order valence-electron chi connectivity index (χ3n) is 6.73. The van der Waals surface area contributed by atoms with Gasteiger partial charge in [0.05, 0.1) is 17.4 Å². The standard InChI is InChI=1S/C26H32F2N6O2Si/c1-37(2,3)11-10-36-17-34-22-13-21(26(35)32-8-6-4-5-7-9-32)29-14-19(22)24(31-34)23-15-30-25-20(28)12-18(27)16-33(23)25/h12-16H,4-11,17H2,1-3H3. The highest BCUT2D eigenvalue weighted by Gasteiger charge is 2.23. The van der Waals surface area contributed by atoms with Crippen molar-refractivity contribution in [3.63, 3.8) is 0 Å². The summed E-state index contributed by atoms with van der Waals surface area (Å²) in [6.45, 7) is 9.09. The molecule has 1 aliphatic rings. The van der Waals surface area contributed by atoms with Crippen LogP contribution in [0.3, 0.4) is 0 Å². The second-order valence-electron chi connectivity index (χ2n) is 10.8. The monoisotopic (exact) mass is 526 g/mol. The fourth-order valence-corrected chi connectivity index (χ4v) is 5.39. The fraction of sp³-hybridized carbons (Fsp3) is 0.462. The number of fused-ring (bicyclic) bond motifs is 2. The summed E-state index contributed by atoms with van der Waals surface area (Å²) in [7, 11) is -1.27. The maximum atomic E-state index is 14.3. The Balaban J connectivity index is 1.55. The molecule has 11 heteroatoms. The van der Waals surface area contributed by atoms with Crippen LogP contribution in [-0.4, -0.2) is 62.7 Å². The molecule has 0 saturated carbocycles. The molecule has 1 amide bonds. The Hall–Kier alpha value is -3.18. The number of likely N-dealkylation sites (tertiary alicyclic amines) is 1. The number of hydrogen-bond acceptors (Lipinski definition) is 5. The second kappa shape index (κ2) is 10.3. The molecule has 196 valence electrons. The Kier molecular flexibility index (Phi) is 7.08. The Bertz CT molecular complexity index is 1440. The van der Waals surface area contributed by atoms with E-state index < -0.39 is 19.7 Å². The van der Waals surface area contributed by atoms with Crippen molar-refractivity contribution in [3.8, 4) is 11.4 Å². The molecule has 8 nitrogen and oxygen atoms in total. The zero-order valence-electron chi connectivity index (χ0n) is 21.5. The number of ether oxygens (including phenoxy) is 1. The summed E-state index contributed by atoms with van der Waals surface area (Å²) >= 11 is 0. The van der Waals surface area contributed by atoms with Gasteiger partial charge in [-0.25, -0.2) is 18.4 Å². The minimum Gasteiger partial charge on any atom is -0.360 e. The van der Waals surface area contributed by atoms with E-state index in [9.17, 15) is 13.6 Å². The molecule has 0 unspecified atom stereocenters. The first-order chi connectivity index (χ1) is 17.7. The molecule has 0 bridgehead atoms. The van der Waals surface area contributed by atoms with Gasteiger partial charge >= 0.3 is 0 Å². The van der Waals surface area contributed by atoms with Crippen molar-refractivity contribution in [2.45, 2.75) is 58.1 Å². The van der Waals surface area contributed by atoms with Crippen LogP contribution in [0.2, 0.25) is 25.7 Å². The van der Waals surface area contributed by atoms with Gasteiger partial charge in [0.1, 0.15) is 23.9 Å². The summed E-state index contributed by atoms with van der Waals surface area (Å²) in [6.07, 6.45) is 8.48. The lowest BCUT2D eigenvalue weighted by Gasteiger charge is -2.19. The van der Waals surface area contributed by atoms with Gasteiger partial charge in [-0.1, -0.05) is 32.5 Å². The first-order valence-corrected chi connectivity index (χ1v) is 16.5. The van der Waals surface area contributed by atoms with Crippen LogP contribution in [-0.2, 0) is 11.5 Å². The Morgan fingerprint density at radius 2 is 1.81 bits per heavy atom. The normalized spacial score (nSPS) is 15.0. The van der Waals surface area contributed by atoms with E-state index in [-0.39, 0.29) is 18.3 Å². The Labute approximate surface area is 215 Å². The van der Waals surface area contributed by atoms with Crippen molar-refractivity contribution < 1.29 is 18.3 Å².